The van der Waals surface area contributed by atoms with Crippen molar-refractivity contribution >= 4 is 27.8 Å². The van der Waals surface area contributed by atoms with Crippen molar-refractivity contribution in [1.29, 1.82) is 0 Å². The highest BCUT2D eigenvalue weighted by molar-refractivity contribution is 7.86. The fourth-order valence-electron chi connectivity index (χ4n) is 2.62. The van der Waals surface area contributed by atoms with Crippen LogP contribution in [-0.4, -0.2) is 67.4 Å². The smallest absolute Gasteiger partial charge is 0.322 e. The molecule has 0 spiro atoms. The van der Waals surface area contributed by atoms with Crippen LogP contribution in [0.3, 0.4) is 0 Å². The summed E-state index contributed by atoms with van der Waals surface area (Å²) >= 11 is 5.98. The van der Waals surface area contributed by atoms with Crippen molar-refractivity contribution in [3.8, 4) is 0 Å². The van der Waals surface area contributed by atoms with E-state index in [1.165, 1.54) is 22.7 Å². The molecule has 3 rings (SSSR count). The average Bonchev–Trinajstić information content (AvgIpc) is 3.03. The average molecular weight is 386 g/mol. The van der Waals surface area contributed by atoms with Gasteiger partial charge in [-0.05, 0) is 17.7 Å². The van der Waals surface area contributed by atoms with Gasteiger partial charge in [-0.25, -0.2) is 0 Å². The lowest BCUT2D eigenvalue weighted by Gasteiger charge is -2.33. The molecular weight excluding hydrogens is 366 g/mol. The van der Waals surface area contributed by atoms with Crippen LogP contribution in [0.1, 0.15) is 11.4 Å². The van der Waals surface area contributed by atoms with Crippen molar-refractivity contribution in [1.82, 2.24) is 18.8 Å². The van der Waals surface area contributed by atoms with Gasteiger partial charge in [0.25, 0.3) is 10.2 Å². The van der Waals surface area contributed by atoms with Gasteiger partial charge in [-0.1, -0.05) is 28.9 Å². The highest BCUT2D eigenvalue weighted by Gasteiger charge is 2.30. The topological polar surface area (TPSA) is 82.8 Å². The molecule has 1 saturated heterocycles. The molecule has 0 aliphatic carbocycles. The van der Waals surface area contributed by atoms with Gasteiger partial charge in [-0.3, -0.25) is 0 Å². The van der Waals surface area contributed by atoms with Gasteiger partial charge in [-0.2, -0.15) is 22.0 Å². The van der Waals surface area contributed by atoms with Crippen molar-refractivity contribution in [2.24, 2.45) is 0 Å². The summed E-state index contributed by atoms with van der Waals surface area (Å²) in [4.78, 5) is 6.31. The minimum atomic E-state index is -3.38. The molecule has 0 saturated carbocycles. The number of hydrogen-bond donors (Lipinski definition) is 0. The molecule has 1 fully saturated rings. The van der Waals surface area contributed by atoms with Crippen LogP contribution in [0.4, 0.5) is 6.01 Å². The van der Waals surface area contributed by atoms with Crippen LogP contribution >= 0.6 is 11.6 Å². The van der Waals surface area contributed by atoms with Gasteiger partial charge in [0.1, 0.15) is 0 Å². The van der Waals surface area contributed by atoms with Crippen LogP contribution in [0.25, 0.3) is 0 Å². The molecule has 0 unspecified atom stereocenters. The molecule has 8 nitrogen and oxygen atoms in total. The predicted octanol–water partition coefficient (Wildman–Crippen LogP) is 1.24. The molecule has 0 radical (unpaired) electrons. The highest BCUT2D eigenvalue weighted by atomic mass is 35.5. The molecule has 1 aliphatic heterocycles. The number of halogens is 1. The van der Waals surface area contributed by atoms with Gasteiger partial charge < -0.3 is 9.42 Å². The molecule has 1 aliphatic rings. The lowest BCUT2D eigenvalue weighted by molar-refractivity contribution is 0.336. The third kappa shape index (κ3) is 4.12. The molecule has 0 amide bonds. The van der Waals surface area contributed by atoms with E-state index in [0.717, 1.165) is 5.56 Å². The number of rotatable bonds is 5. The fourth-order valence-corrected chi connectivity index (χ4v) is 3.92. The molecule has 2 heterocycles. The monoisotopic (exact) mass is 385 g/mol. The van der Waals surface area contributed by atoms with Crippen molar-refractivity contribution < 1.29 is 12.9 Å². The van der Waals surface area contributed by atoms with Crippen molar-refractivity contribution in [2.45, 2.75) is 6.42 Å². The maximum absolute atomic E-state index is 12.1. The van der Waals surface area contributed by atoms with Crippen molar-refractivity contribution in [3.05, 3.63) is 40.7 Å². The summed E-state index contributed by atoms with van der Waals surface area (Å²) in [6, 6.07) is 7.92. The van der Waals surface area contributed by atoms with Gasteiger partial charge in [0, 0.05) is 51.7 Å². The zero-order chi connectivity index (χ0) is 18.0. The zero-order valence-electron chi connectivity index (χ0n) is 14.1. The molecule has 1 aromatic carbocycles. The van der Waals surface area contributed by atoms with E-state index in [9.17, 15) is 8.42 Å². The first-order valence-electron chi connectivity index (χ1n) is 7.86. The van der Waals surface area contributed by atoms with Gasteiger partial charge in [0.15, 0.2) is 5.82 Å². The second-order valence-electron chi connectivity index (χ2n) is 5.98. The van der Waals surface area contributed by atoms with E-state index in [1.807, 2.05) is 29.2 Å². The first-order chi connectivity index (χ1) is 11.9. The van der Waals surface area contributed by atoms with E-state index in [-0.39, 0.29) is 0 Å². The summed E-state index contributed by atoms with van der Waals surface area (Å²) in [7, 11) is -0.325. The van der Waals surface area contributed by atoms with Gasteiger partial charge in [0.05, 0.1) is 0 Å². The van der Waals surface area contributed by atoms with Crippen LogP contribution < -0.4 is 4.90 Å². The third-order valence-corrected chi connectivity index (χ3v) is 6.18. The highest BCUT2D eigenvalue weighted by Crippen LogP contribution is 2.18. The normalized spacial score (nSPS) is 16.6. The third-order valence-electron chi connectivity index (χ3n) is 4.01. The Morgan fingerprint density at radius 3 is 2.60 bits per heavy atom. The SMILES string of the molecule is CN(C)S(=O)(=O)N1CCN(c2nc(Cc3cccc(Cl)c3)no2)CC1. The molecule has 0 bridgehead atoms. The second-order valence-corrected chi connectivity index (χ2v) is 8.55. The number of benzene rings is 1. The summed E-state index contributed by atoms with van der Waals surface area (Å²) in [6.07, 6.45) is 0.527. The van der Waals surface area contributed by atoms with Crippen LogP contribution in [0.15, 0.2) is 28.8 Å². The number of nitrogens with zero attached hydrogens (tertiary/aromatic N) is 5. The van der Waals surface area contributed by atoms with Crippen LogP contribution in [0.5, 0.6) is 0 Å². The van der Waals surface area contributed by atoms with Crippen molar-refractivity contribution in [3.63, 3.8) is 0 Å². The van der Waals surface area contributed by atoms with E-state index >= 15 is 0 Å². The summed E-state index contributed by atoms with van der Waals surface area (Å²) in [5.74, 6) is 0.570. The lowest BCUT2D eigenvalue weighted by atomic mass is 10.1. The minimum Gasteiger partial charge on any atom is -0.322 e. The molecule has 136 valence electrons. The Hall–Kier alpha value is -1.68. The van der Waals surface area contributed by atoms with E-state index in [4.69, 9.17) is 16.1 Å². The molecule has 1 aromatic heterocycles. The number of anilines is 1. The first-order valence-corrected chi connectivity index (χ1v) is 9.63. The number of aromatic nitrogens is 2. The Labute approximate surface area is 152 Å². The maximum atomic E-state index is 12.1. The van der Waals surface area contributed by atoms with Crippen LogP contribution in [0, 0.1) is 0 Å². The van der Waals surface area contributed by atoms with Crippen molar-refractivity contribution in [2.75, 3.05) is 45.2 Å². The Kier molecular flexibility index (Phi) is 5.28. The standard InChI is InChI=1S/C15H20ClN5O3S/c1-19(2)25(22,23)21-8-6-20(7-9-21)15-17-14(18-24-15)11-12-4-3-5-13(16)10-12/h3-5,10H,6-9,11H2,1-2H3. The van der Waals surface area contributed by atoms with Crippen LogP contribution in [-0.2, 0) is 16.6 Å². The molecule has 0 N–H and O–H groups in total. The lowest BCUT2D eigenvalue weighted by Crippen LogP contribution is -2.51. The predicted molar refractivity (Wildman–Crippen MR) is 94.9 cm³/mol. The van der Waals surface area contributed by atoms with Crippen LogP contribution in [0.2, 0.25) is 5.02 Å². The Morgan fingerprint density at radius 1 is 1.24 bits per heavy atom. The zero-order valence-corrected chi connectivity index (χ0v) is 15.7. The number of hydrogen-bond acceptors (Lipinski definition) is 6. The first kappa shape index (κ1) is 18.1. The molecule has 10 heteroatoms. The van der Waals surface area contributed by atoms with Gasteiger partial charge >= 0.3 is 6.01 Å². The molecular formula is C15H20ClN5O3S. The van der Waals surface area contributed by atoms with E-state index in [0.29, 0.717) is 49.5 Å². The quantitative estimate of drug-likeness (QED) is 0.770. The van der Waals surface area contributed by atoms with E-state index in [2.05, 4.69) is 10.1 Å². The Morgan fingerprint density at radius 2 is 1.96 bits per heavy atom. The summed E-state index contributed by atoms with van der Waals surface area (Å²) in [5, 5.41) is 4.67. The molecule has 25 heavy (non-hydrogen) atoms. The van der Waals surface area contributed by atoms with E-state index in [1.54, 1.807) is 0 Å². The summed E-state index contributed by atoms with van der Waals surface area (Å²) < 4.78 is 32.3. The molecule has 2 aromatic rings. The fraction of sp³-hybridized carbons (Fsp3) is 0.467. The summed E-state index contributed by atoms with van der Waals surface area (Å²) in [6.45, 7) is 1.77. The second kappa shape index (κ2) is 7.28. The summed E-state index contributed by atoms with van der Waals surface area (Å²) in [5.41, 5.74) is 1.00. The minimum absolute atomic E-state index is 0.381. The Balaban J connectivity index is 1.62. The van der Waals surface area contributed by atoms with E-state index < -0.39 is 10.2 Å². The number of piperazine rings is 1. The Bertz CT molecular complexity index is 831. The maximum Gasteiger partial charge on any atom is 0.324 e. The van der Waals surface area contributed by atoms with Gasteiger partial charge in [0.2, 0.25) is 0 Å². The largest absolute Gasteiger partial charge is 0.324 e. The van der Waals surface area contributed by atoms with Gasteiger partial charge in [-0.15, -0.1) is 0 Å². The molecule has 0 atom stereocenters.